The third kappa shape index (κ3) is 4.27. The molecule has 1 heterocycles. The van der Waals surface area contributed by atoms with E-state index in [0.29, 0.717) is 17.1 Å². The lowest BCUT2D eigenvalue weighted by molar-refractivity contribution is -0.393. The van der Waals surface area contributed by atoms with Crippen molar-refractivity contribution in [2.75, 3.05) is 13.7 Å². The van der Waals surface area contributed by atoms with Gasteiger partial charge in [0.1, 0.15) is 23.2 Å². The topological polar surface area (TPSA) is 129 Å². The number of para-hydroxylation sites is 1. The van der Waals surface area contributed by atoms with Crippen molar-refractivity contribution >= 4 is 6.08 Å². The predicted octanol–water partition coefficient (Wildman–Crippen LogP) is 0.278. The maximum Gasteiger partial charge on any atom is 0.232 e. The first-order valence-corrected chi connectivity index (χ1v) is 8.97. The van der Waals surface area contributed by atoms with Gasteiger partial charge in [-0.1, -0.05) is 36.4 Å². The standard InChI is InChI=1S/C21H24O8/c1-27-15-9-7-14(8-10-15)11-12-20(13-22)19(24)21(25,26)17(23)18(29-20)28-16-5-3-2-4-6-16/h2-12,17-19,22-26H,13H2,1H3/b12-11+/t17-,18+,19+,20+/m0/s1. The van der Waals surface area contributed by atoms with Crippen LogP contribution in [0.25, 0.3) is 6.08 Å². The van der Waals surface area contributed by atoms with E-state index in [2.05, 4.69) is 0 Å². The molecule has 8 nitrogen and oxygen atoms in total. The number of benzene rings is 2. The highest BCUT2D eigenvalue weighted by Gasteiger charge is 2.61. The molecule has 1 fully saturated rings. The molecule has 0 radical (unpaired) electrons. The molecule has 0 unspecified atom stereocenters. The Morgan fingerprint density at radius 3 is 2.24 bits per heavy atom. The first-order valence-electron chi connectivity index (χ1n) is 8.97. The van der Waals surface area contributed by atoms with E-state index in [0.717, 1.165) is 0 Å². The van der Waals surface area contributed by atoms with E-state index in [-0.39, 0.29) is 0 Å². The summed E-state index contributed by atoms with van der Waals surface area (Å²) >= 11 is 0. The Hall–Kier alpha value is -2.46. The highest BCUT2D eigenvalue weighted by molar-refractivity contribution is 5.52. The van der Waals surface area contributed by atoms with Crippen LogP contribution >= 0.6 is 0 Å². The van der Waals surface area contributed by atoms with Crippen LogP contribution in [0.3, 0.4) is 0 Å². The molecule has 0 aliphatic carbocycles. The molecule has 5 N–H and O–H groups in total. The molecule has 0 aromatic heterocycles. The lowest BCUT2D eigenvalue weighted by Crippen LogP contribution is -2.72. The van der Waals surface area contributed by atoms with Crippen molar-refractivity contribution < 1.29 is 39.7 Å². The van der Waals surface area contributed by atoms with Gasteiger partial charge in [0.2, 0.25) is 12.1 Å². The average Bonchev–Trinajstić information content (AvgIpc) is 2.75. The summed E-state index contributed by atoms with van der Waals surface area (Å²) in [7, 11) is 1.54. The van der Waals surface area contributed by atoms with E-state index >= 15 is 0 Å². The fourth-order valence-electron chi connectivity index (χ4n) is 3.05. The minimum Gasteiger partial charge on any atom is -0.497 e. The summed E-state index contributed by atoms with van der Waals surface area (Å²) < 4.78 is 16.3. The number of ether oxygens (including phenoxy) is 3. The highest BCUT2D eigenvalue weighted by atomic mass is 16.7. The summed E-state index contributed by atoms with van der Waals surface area (Å²) in [6.07, 6.45) is -2.78. The zero-order valence-electron chi connectivity index (χ0n) is 15.8. The van der Waals surface area contributed by atoms with Crippen molar-refractivity contribution in [2.24, 2.45) is 0 Å². The molecule has 1 saturated heterocycles. The number of aliphatic hydroxyl groups excluding tert-OH is 3. The molecular formula is C21H24O8. The Labute approximate surface area is 167 Å². The number of aliphatic hydroxyl groups is 5. The smallest absolute Gasteiger partial charge is 0.232 e. The molecule has 2 aromatic carbocycles. The number of hydrogen-bond acceptors (Lipinski definition) is 8. The van der Waals surface area contributed by atoms with Gasteiger partial charge in [-0.05, 0) is 35.9 Å². The number of rotatable bonds is 6. The molecule has 0 spiro atoms. The summed E-state index contributed by atoms with van der Waals surface area (Å²) in [6, 6.07) is 15.2. The van der Waals surface area contributed by atoms with Crippen LogP contribution in [0.2, 0.25) is 0 Å². The molecule has 8 heteroatoms. The minimum atomic E-state index is -3.00. The van der Waals surface area contributed by atoms with Crippen molar-refractivity contribution in [3.63, 3.8) is 0 Å². The SMILES string of the molecule is COc1ccc(/C=C/[C@]2(CO)O[C@@H](Oc3ccccc3)[C@H](O)C(O)(O)[C@@H]2O)cc1. The Bertz CT molecular complexity index is 820. The third-order valence-electron chi connectivity index (χ3n) is 4.81. The molecule has 29 heavy (non-hydrogen) atoms. The minimum absolute atomic E-state index is 0.301. The zero-order chi connectivity index (χ0) is 21.1. The Morgan fingerprint density at radius 1 is 1.00 bits per heavy atom. The fraction of sp³-hybridized carbons (Fsp3) is 0.333. The van der Waals surface area contributed by atoms with Crippen molar-refractivity contribution in [1.29, 1.82) is 0 Å². The third-order valence-corrected chi connectivity index (χ3v) is 4.81. The van der Waals surface area contributed by atoms with Crippen LogP contribution in [-0.2, 0) is 4.74 Å². The average molecular weight is 404 g/mol. The molecule has 2 aromatic rings. The molecule has 3 rings (SSSR count). The monoisotopic (exact) mass is 404 g/mol. The highest BCUT2D eigenvalue weighted by Crippen LogP contribution is 2.37. The van der Waals surface area contributed by atoms with E-state index in [1.807, 2.05) is 0 Å². The van der Waals surface area contributed by atoms with Crippen molar-refractivity contribution in [1.82, 2.24) is 0 Å². The quantitative estimate of drug-likeness (QED) is 0.434. The maximum atomic E-state index is 10.5. The Morgan fingerprint density at radius 2 is 1.66 bits per heavy atom. The van der Waals surface area contributed by atoms with E-state index in [1.54, 1.807) is 54.6 Å². The lowest BCUT2D eigenvalue weighted by Gasteiger charge is -2.49. The van der Waals surface area contributed by atoms with Gasteiger partial charge in [-0.2, -0.15) is 0 Å². The predicted molar refractivity (Wildman–Crippen MR) is 103 cm³/mol. The van der Waals surface area contributed by atoms with Gasteiger partial charge in [0, 0.05) is 0 Å². The van der Waals surface area contributed by atoms with Gasteiger partial charge < -0.3 is 39.7 Å². The summed E-state index contributed by atoms with van der Waals surface area (Å²) in [5, 5.41) is 51.4. The van der Waals surface area contributed by atoms with Crippen LogP contribution in [0.5, 0.6) is 11.5 Å². The summed E-state index contributed by atoms with van der Waals surface area (Å²) in [4.78, 5) is 0. The van der Waals surface area contributed by atoms with Gasteiger partial charge in [0.25, 0.3) is 0 Å². The molecule has 1 aliphatic heterocycles. The Kier molecular flexibility index (Phi) is 6.23. The summed E-state index contributed by atoms with van der Waals surface area (Å²) in [5.74, 6) is -2.04. The van der Waals surface area contributed by atoms with Crippen LogP contribution in [0.4, 0.5) is 0 Å². The first-order chi connectivity index (χ1) is 13.8. The van der Waals surface area contributed by atoms with Crippen molar-refractivity contribution in [3.8, 4) is 11.5 Å². The van der Waals surface area contributed by atoms with Crippen LogP contribution in [-0.4, -0.2) is 69.1 Å². The first kappa shape index (κ1) is 21.3. The number of hydrogen-bond donors (Lipinski definition) is 5. The van der Waals surface area contributed by atoms with E-state index in [1.165, 1.54) is 19.3 Å². The summed E-state index contributed by atoms with van der Waals surface area (Å²) in [6.45, 7) is -0.801. The molecule has 0 amide bonds. The van der Waals surface area contributed by atoms with Gasteiger partial charge in [0.15, 0.2) is 6.10 Å². The zero-order valence-corrected chi connectivity index (χ0v) is 15.8. The maximum absolute atomic E-state index is 10.5. The van der Waals surface area contributed by atoms with Crippen LogP contribution in [0.1, 0.15) is 5.56 Å². The second kappa shape index (κ2) is 8.50. The van der Waals surface area contributed by atoms with E-state index < -0.39 is 36.5 Å². The lowest BCUT2D eigenvalue weighted by atomic mass is 9.84. The second-order valence-corrected chi connectivity index (χ2v) is 6.77. The molecule has 1 aliphatic rings. The van der Waals surface area contributed by atoms with Crippen molar-refractivity contribution in [2.45, 2.75) is 29.9 Å². The van der Waals surface area contributed by atoms with Gasteiger partial charge in [-0.25, -0.2) is 0 Å². The van der Waals surface area contributed by atoms with Gasteiger partial charge in [-0.15, -0.1) is 0 Å². The molecular weight excluding hydrogens is 380 g/mol. The molecule has 4 atom stereocenters. The normalized spacial score (nSPS) is 29.0. The van der Waals surface area contributed by atoms with Crippen molar-refractivity contribution in [3.05, 3.63) is 66.2 Å². The van der Waals surface area contributed by atoms with E-state index in [9.17, 15) is 25.5 Å². The van der Waals surface area contributed by atoms with Gasteiger partial charge in [-0.3, -0.25) is 0 Å². The molecule has 156 valence electrons. The van der Waals surface area contributed by atoms with Crippen LogP contribution < -0.4 is 9.47 Å². The van der Waals surface area contributed by atoms with E-state index in [4.69, 9.17) is 14.2 Å². The van der Waals surface area contributed by atoms with Gasteiger partial charge in [0.05, 0.1) is 13.7 Å². The number of methoxy groups -OCH3 is 1. The van der Waals surface area contributed by atoms with Gasteiger partial charge >= 0.3 is 0 Å². The molecule has 0 saturated carbocycles. The second-order valence-electron chi connectivity index (χ2n) is 6.77. The van der Waals surface area contributed by atoms with Crippen LogP contribution in [0, 0.1) is 0 Å². The summed E-state index contributed by atoms with van der Waals surface area (Å²) in [5.41, 5.74) is -1.26. The molecule has 0 bridgehead atoms. The van der Waals surface area contributed by atoms with Crippen LogP contribution in [0.15, 0.2) is 60.7 Å². The Balaban J connectivity index is 1.90. The fourth-order valence-corrected chi connectivity index (χ4v) is 3.05. The largest absolute Gasteiger partial charge is 0.497 e.